The molecule has 2 aromatic carbocycles. The van der Waals surface area contributed by atoms with Crippen LogP contribution in [0, 0.1) is 5.82 Å². The summed E-state index contributed by atoms with van der Waals surface area (Å²) >= 11 is 0. The van der Waals surface area contributed by atoms with Crippen molar-refractivity contribution in [3.05, 3.63) is 71.0 Å². The lowest BCUT2D eigenvalue weighted by atomic mass is 9.80. The summed E-state index contributed by atoms with van der Waals surface area (Å²) in [6, 6.07) is 13.6. The van der Waals surface area contributed by atoms with Gasteiger partial charge in [-0.3, -0.25) is 14.5 Å². The van der Waals surface area contributed by atoms with Crippen LogP contribution in [0.3, 0.4) is 0 Å². The molecule has 128 valence electrons. The predicted molar refractivity (Wildman–Crippen MR) is 89.1 cm³/mol. The first-order valence-corrected chi connectivity index (χ1v) is 8.38. The minimum absolute atomic E-state index is 0.0934. The molecule has 2 aliphatic rings. The highest BCUT2D eigenvalue weighted by atomic mass is 19.1. The van der Waals surface area contributed by atoms with Crippen molar-refractivity contribution in [1.82, 2.24) is 4.90 Å². The Morgan fingerprint density at radius 3 is 2.64 bits per heavy atom. The fourth-order valence-electron chi connectivity index (χ4n) is 4.10. The maximum atomic E-state index is 13.9. The largest absolute Gasteiger partial charge is 0.386 e. The predicted octanol–water partition coefficient (Wildman–Crippen LogP) is 2.50. The van der Waals surface area contributed by atoms with E-state index in [9.17, 15) is 19.1 Å². The monoisotopic (exact) mass is 339 g/mol. The third-order valence-corrected chi connectivity index (χ3v) is 5.38. The molecular weight excluding hydrogens is 321 g/mol. The number of aliphatic hydroxyl groups is 1. The maximum absolute atomic E-state index is 13.9. The molecule has 1 aliphatic carbocycles. The van der Waals surface area contributed by atoms with E-state index in [1.165, 1.54) is 18.2 Å². The zero-order chi connectivity index (χ0) is 17.6. The number of hydrogen-bond donors (Lipinski definition) is 1. The van der Waals surface area contributed by atoms with E-state index in [2.05, 4.69) is 0 Å². The summed E-state index contributed by atoms with van der Waals surface area (Å²) in [5.41, 5.74) is 1.29. The topological polar surface area (TPSA) is 57.6 Å². The minimum atomic E-state index is -1.24. The number of rotatable bonds is 3. The highest BCUT2D eigenvalue weighted by Gasteiger charge is 2.55. The number of fused-ring (bicyclic) bond motifs is 2. The molecular formula is C20H18FNO3. The van der Waals surface area contributed by atoms with Crippen LogP contribution >= 0.6 is 0 Å². The Balaban J connectivity index is 1.62. The maximum Gasteiger partial charge on any atom is 0.240 e. The summed E-state index contributed by atoms with van der Waals surface area (Å²) in [6.07, 6.45) is 0.246. The Labute approximate surface area is 144 Å². The van der Waals surface area contributed by atoms with Crippen molar-refractivity contribution in [2.45, 2.75) is 30.8 Å². The lowest BCUT2D eigenvalue weighted by molar-refractivity contribution is -0.141. The zero-order valence-electron chi connectivity index (χ0n) is 13.6. The number of aryl methyl sites for hydroxylation is 1. The number of aliphatic hydroxyl groups excluding tert-OH is 1. The summed E-state index contributed by atoms with van der Waals surface area (Å²) < 4.78 is 13.9. The molecule has 0 radical (unpaired) electrons. The van der Waals surface area contributed by atoms with E-state index < -0.39 is 17.3 Å². The second kappa shape index (κ2) is 5.77. The van der Waals surface area contributed by atoms with Crippen LogP contribution in [0.1, 0.15) is 35.6 Å². The molecule has 5 heteroatoms. The number of hydrogen-bond acceptors (Lipinski definition) is 3. The van der Waals surface area contributed by atoms with E-state index in [0.29, 0.717) is 6.42 Å². The van der Waals surface area contributed by atoms with E-state index in [-0.39, 0.29) is 30.3 Å². The average Bonchev–Trinajstić information content (AvgIpc) is 3.09. The summed E-state index contributed by atoms with van der Waals surface area (Å²) in [7, 11) is 0. The van der Waals surface area contributed by atoms with E-state index in [1.807, 2.05) is 24.3 Å². The Bertz CT molecular complexity index is 866. The van der Waals surface area contributed by atoms with Crippen LogP contribution in [0.15, 0.2) is 48.5 Å². The fourth-order valence-corrected chi connectivity index (χ4v) is 4.10. The molecule has 4 rings (SSSR count). The van der Waals surface area contributed by atoms with Crippen LogP contribution in [0.5, 0.6) is 0 Å². The number of nitrogens with zero attached hydrogens (tertiary/aromatic N) is 1. The first-order valence-electron chi connectivity index (χ1n) is 8.38. The second-order valence-corrected chi connectivity index (χ2v) is 6.76. The molecule has 0 bridgehead atoms. The SMILES string of the molecule is O=C1C[C@]2(CCc3ccccc32)C(=O)N1C[C@@H](O)c1ccccc1F. The third-order valence-electron chi connectivity index (χ3n) is 5.38. The second-order valence-electron chi connectivity index (χ2n) is 6.76. The smallest absolute Gasteiger partial charge is 0.240 e. The van der Waals surface area contributed by atoms with Gasteiger partial charge in [-0.15, -0.1) is 0 Å². The number of halogens is 1. The number of carbonyl (C=O) groups is 2. The number of likely N-dealkylation sites (tertiary alicyclic amines) is 1. The summed E-state index contributed by atoms with van der Waals surface area (Å²) in [6.45, 7) is -0.220. The van der Waals surface area contributed by atoms with Gasteiger partial charge in [-0.05, 0) is 30.0 Å². The van der Waals surface area contributed by atoms with Crippen molar-refractivity contribution in [3.8, 4) is 0 Å². The molecule has 1 fully saturated rings. The van der Waals surface area contributed by atoms with Crippen molar-refractivity contribution >= 4 is 11.8 Å². The van der Waals surface area contributed by atoms with Crippen LogP contribution < -0.4 is 0 Å². The molecule has 1 heterocycles. The van der Waals surface area contributed by atoms with Crippen molar-refractivity contribution in [2.24, 2.45) is 0 Å². The van der Waals surface area contributed by atoms with Gasteiger partial charge in [0.25, 0.3) is 0 Å². The van der Waals surface area contributed by atoms with Gasteiger partial charge in [0.15, 0.2) is 0 Å². The van der Waals surface area contributed by atoms with Crippen LogP contribution in [0.25, 0.3) is 0 Å². The fraction of sp³-hybridized carbons (Fsp3) is 0.300. The molecule has 2 atom stereocenters. The molecule has 0 unspecified atom stereocenters. The van der Waals surface area contributed by atoms with Gasteiger partial charge in [-0.2, -0.15) is 0 Å². The van der Waals surface area contributed by atoms with Crippen LogP contribution in [0.2, 0.25) is 0 Å². The van der Waals surface area contributed by atoms with Gasteiger partial charge in [-0.1, -0.05) is 42.5 Å². The molecule has 4 nitrogen and oxygen atoms in total. The lowest BCUT2D eigenvalue weighted by Gasteiger charge is -2.24. The molecule has 2 amide bonds. The van der Waals surface area contributed by atoms with Gasteiger partial charge in [0, 0.05) is 12.0 Å². The standard InChI is InChI=1S/C20H18FNO3/c21-16-8-4-2-6-14(16)17(23)12-22-18(24)11-20(19(22)25)10-9-13-5-1-3-7-15(13)20/h1-8,17,23H,9-12H2/t17-,20+/m1/s1. The zero-order valence-corrected chi connectivity index (χ0v) is 13.6. The van der Waals surface area contributed by atoms with Crippen molar-refractivity contribution in [1.29, 1.82) is 0 Å². The Kier molecular flexibility index (Phi) is 3.69. The van der Waals surface area contributed by atoms with Gasteiger partial charge in [0.2, 0.25) is 11.8 Å². The van der Waals surface area contributed by atoms with Crippen LogP contribution in [-0.2, 0) is 21.4 Å². The van der Waals surface area contributed by atoms with Crippen LogP contribution in [0.4, 0.5) is 4.39 Å². The third kappa shape index (κ3) is 2.38. The number of β-amino-alcohol motifs (C(OH)–C–C–N with tert-alkyl or cyclic N) is 1. The molecule has 1 saturated heterocycles. The number of imide groups is 1. The molecule has 1 N–H and O–H groups in total. The van der Waals surface area contributed by atoms with Crippen molar-refractivity contribution in [2.75, 3.05) is 6.54 Å². The number of benzene rings is 2. The Hall–Kier alpha value is -2.53. The first-order chi connectivity index (χ1) is 12.0. The average molecular weight is 339 g/mol. The lowest BCUT2D eigenvalue weighted by Crippen LogP contribution is -2.39. The number of carbonyl (C=O) groups excluding carboxylic acids is 2. The molecule has 1 spiro atoms. The molecule has 2 aromatic rings. The van der Waals surface area contributed by atoms with E-state index in [4.69, 9.17) is 0 Å². The van der Waals surface area contributed by atoms with E-state index in [1.54, 1.807) is 6.07 Å². The van der Waals surface area contributed by atoms with Gasteiger partial charge < -0.3 is 5.11 Å². The molecule has 0 saturated carbocycles. The first kappa shape index (κ1) is 16.0. The van der Waals surface area contributed by atoms with Crippen molar-refractivity contribution in [3.63, 3.8) is 0 Å². The molecule has 25 heavy (non-hydrogen) atoms. The van der Waals surface area contributed by atoms with Gasteiger partial charge in [0.1, 0.15) is 5.82 Å². The highest BCUT2D eigenvalue weighted by molar-refractivity contribution is 6.09. The molecule has 1 aliphatic heterocycles. The summed E-state index contributed by atoms with van der Waals surface area (Å²) in [5, 5.41) is 10.3. The van der Waals surface area contributed by atoms with E-state index in [0.717, 1.165) is 22.4 Å². The Morgan fingerprint density at radius 2 is 1.84 bits per heavy atom. The van der Waals surface area contributed by atoms with Crippen molar-refractivity contribution < 1.29 is 19.1 Å². The van der Waals surface area contributed by atoms with Gasteiger partial charge >= 0.3 is 0 Å². The highest BCUT2D eigenvalue weighted by Crippen LogP contribution is 2.47. The van der Waals surface area contributed by atoms with E-state index >= 15 is 0 Å². The Morgan fingerprint density at radius 1 is 1.12 bits per heavy atom. The molecule has 0 aromatic heterocycles. The number of amides is 2. The normalized spacial score (nSPS) is 23.4. The minimum Gasteiger partial charge on any atom is -0.386 e. The van der Waals surface area contributed by atoms with Gasteiger partial charge in [0.05, 0.1) is 18.1 Å². The van der Waals surface area contributed by atoms with Gasteiger partial charge in [-0.25, -0.2) is 4.39 Å². The summed E-state index contributed by atoms with van der Waals surface area (Å²) in [5.74, 6) is -1.13. The summed E-state index contributed by atoms with van der Waals surface area (Å²) in [4.78, 5) is 26.7. The quantitative estimate of drug-likeness (QED) is 0.874. The van der Waals surface area contributed by atoms with Crippen LogP contribution in [-0.4, -0.2) is 28.4 Å².